The number of ether oxygens (including phenoxy) is 2. The van der Waals surface area contributed by atoms with Crippen LogP contribution in [0.2, 0.25) is 0 Å². The standard InChI is InChI=1S/C19H21NO3/c1-12-8-9-13(2)15(10-12)14(3)20-19(21)18-11-22-16-6-4-5-7-17(16)23-18/h4-10,14,18H,11H2,1-3H3,(H,20,21)/t14-,18+/m1/s1. The number of benzene rings is 2. The predicted octanol–water partition coefficient (Wildman–Crippen LogP) is 3.32. The Labute approximate surface area is 136 Å². The third-order valence-electron chi connectivity index (χ3n) is 4.06. The van der Waals surface area contributed by atoms with E-state index in [4.69, 9.17) is 9.47 Å². The first kappa shape index (κ1) is 15.4. The number of carbonyl (C=O) groups excluding carboxylic acids is 1. The van der Waals surface area contributed by atoms with E-state index >= 15 is 0 Å². The lowest BCUT2D eigenvalue weighted by molar-refractivity contribution is -0.131. The van der Waals surface area contributed by atoms with Crippen molar-refractivity contribution in [2.45, 2.75) is 32.9 Å². The monoisotopic (exact) mass is 311 g/mol. The molecule has 3 rings (SSSR count). The second-order valence-corrected chi connectivity index (χ2v) is 5.95. The zero-order chi connectivity index (χ0) is 16.4. The number of nitrogens with one attached hydrogen (secondary N) is 1. The molecule has 1 aliphatic heterocycles. The molecule has 0 bridgehead atoms. The van der Waals surface area contributed by atoms with Gasteiger partial charge in [0.05, 0.1) is 6.04 Å². The minimum Gasteiger partial charge on any atom is -0.485 e. The Morgan fingerprint density at radius 2 is 1.91 bits per heavy atom. The van der Waals surface area contributed by atoms with Crippen LogP contribution in [0.1, 0.15) is 29.7 Å². The van der Waals surface area contributed by atoms with Crippen molar-refractivity contribution in [2.24, 2.45) is 0 Å². The van der Waals surface area contributed by atoms with Crippen molar-refractivity contribution in [1.29, 1.82) is 0 Å². The molecular formula is C19H21NO3. The van der Waals surface area contributed by atoms with Crippen LogP contribution < -0.4 is 14.8 Å². The molecule has 1 N–H and O–H groups in total. The fourth-order valence-corrected chi connectivity index (χ4v) is 2.76. The van der Waals surface area contributed by atoms with Crippen molar-refractivity contribution in [3.63, 3.8) is 0 Å². The topological polar surface area (TPSA) is 47.6 Å². The highest BCUT2D eigenvalue weighted by molar-refractivity contribution is 5.82. The summed E-state index contributed by atoms with van der Waals surface area (Å²) in [6, 6.07) is 13.6. The largest absolute Gasteiger partial charge is 0.485 e. The van der Waals surface area contributed by atoms with E-state index in [1.165, 1.54) is 5.56 Å². The van der Waals surface area contributed by atoms with Gasteiger partial charge in [0.2, 0.25) is 6.10 Å². The summed E-state index contributed by atoms with van der Waals surface area (Å²) >= 11 is 0. The number of fused-ring (bicyclic) bond motifs is 1. The van der Waals surface area contributed by atoms with Gasteiger partial charge in [-0.1, -0.05) is 35.9 Å². The van der Waals surface area contributed by atoms with Crippen LogP contribution in [-0.4, -0.2) is 18.6 Å². The first-order chi connectivity index (χ1) is 11.0. The summed E-state index contributed by atoms with van der Waals surface area (Å²) in [5, 5.41) is 3.02. The van der Waals surface area contributed by atoms with Crippen LogP contribution in [0.5, 0.6) is 11.5 Å². The van der Waals surface area contributed by atoms with Crippen LogP contribution in [0.4, 0.5) is 0 Å². The van der Waals surface area contributed by atoms with E-state index in [9.17, 15) is 4.79 Å². The van der Waals surface area contributed by atoms with Gasteiger partial charge in [-0.3, -0.25) is 4.79 Å². The minimum atomic E-state index is -0.627. The smallest absolute Gasteiger partial charge is 0.265 e. The maximum Gasteiger partial charge on any atom is 0.265 e. The van der Waals surface area contributed by atoms with E-state index < -0.39 is 6.10 Å². The molecule has 2 aromatic rings. The molecule has 0 spiro atoms. The summed E-state index contributed by atoms with van der Waals surface area (Å²) in [5.41, 5.74) is 3.46. The van der Waals surface area contributed by atoms with Gasteiger partial charge in [0.1, 0.15) is 6.61 Å². The highest BCUT2D eigenvalue weighted by atomic mass is 16.6. The highest BCUT2D eigenvalue weighted by Gasteiger charge is 2.28. The molecule has 23 heavy (non-hydrogen) atoms. The summed E-state index contributed by atoms with van der Waals surface area (Å²) in [5.74, 6) is 1.13. The van der Waals surface area contributed by atoms with Gasteiger partial charge in [0.15, 0.2) is 11.5 Å². The van der Waals surface area contributed by atoms with Gasteiger partial charge in [0.25, 0.3) is 5.91 Å². The zero-order valence-corrected chi connectivity index (χ0v) is 13.6. The normalized spacial score (nSPS) is 17.4. The Morgan fingerprint density at radius 1 is 1.17 bits per heavy atom. The molecular weight excluding hydrogens is 290 g/mol. The molecule has 0 fully saturated rings. The molecule has 0 saturated heterocycles. The molecule has 1 heterocycles. The Morgan fingerprint density at radius 3 is 2.70 bits per heavy atom. The summed E-state index contributed by atoms with van der Waals surface area (Å²) in [6.45, 7) is 6.31. The lowest BCUT2D eigenvalue weighted by Gasteiger charge is -2.27. The number of carbonyl (C=O) groups is 1. The molecule has 4 heteroatoms. The molecule has 0 radical (unpaired) electrons. The molecule has 1 amide bonds. The van der Waals surface area contributed by atoms with Gasteiger partial charge in [-0.25, -0.2) is 0 Å². The van der Waals surface area contributed by atoms with E-state index in [1.54, 1.807) is 0 Å². The number of para-hydroxylation sites is 2. The summed E-state index contributed by atoms with van der Waals surface area (Å²) in [6.07, 6.45) is -0.627. The van der Waals surface area contributed by atoms with Crippen LogP contribution >= 0.6 is 0 Å². The van der Waals surface area contributed by atoms with Crippen molar-refractivity contribution in [3.8, 4) is 11.5 Å². The minimum absolute atomic E-state index is 0.0804. The number of rotatable bonds is 3. The van der Waals surface area contributed by atoms with E-state index in [1.807, 2.05) is 45.0 Å². The van der Waals surface area contributed by atoms with Gasteiger partial charge in [-0.2, -0.15) is 0 Å². The van der Waals surface area contributed by atoms with Gasteiger partial charge < -0.3 is 14.8 Å². The molecule has 0 aromatic heterocycles. The highest BCUT2D eigenvalue weighted by Crippen LogP contribution is 2.31. The maximum atomic E-state index is 12.5. The summed E-state index contributed by atoms with van der Waals surface area (Å²) in [7, 11) is 0. The van der Waals surface area contributed by atoms with Crippen LogP contribution in [0.25, 0.3) is 0 Å². The van der Waals surface area contributed by atoms with Gasteiger partial charge in [-0.05, 0) is 44.0 Å². The Kier molecular flexibility index (Phi) is 4.24. The van der Waals surface area contributed by atoms with E-state index in [0.717, 1.165) is 11.1 Å². The fraction of sp³-hybridized carbons (Fsp3) is 0.316. The molecule has 4 nitrogen and oxygen atoms in total. The molecule has 0 aliphatic carbocycles. The molecule has 0 saturated carbocycles. The van der Waals surface area contributed by atoms with Crippen molar-refractivity contribution >= 4 is 5.91 Å². The number of hydrogen-bond donors (Lipinski definition) is 1. The van der Waals surface area contributed by atoms with E-state index in [2.05, 4.69) is 23.5 Å². The van der Waals surface area contributed by atoms with Gasteiger partial charge >= 0.3 is 0 Å². The molecule has 2 atom stereocenters. The lowest BCUT2D eigenvalue weighted by atomic mass is 10.00. The SMILES string of the molecule is Cc1ccc(C)c([C@@H](C)NC(=O)[C@@H]2COc3ccccc3O2)c1. The molecule has 2 aromatic carbocycles. The average Bonchev–Trinajstić information content (AvgIpc) is 2.56. The summed E-state index contributed by atoms with van der Waals surface area (Å²) in [4.78, 5) is 12.5. The predicted molar refractivity (Wildman–Crippen MR) is 88.8 cm³/mol. The van der Waals surface area contributed by atoms with Crippen molar-refractivity contribution < 1.29 is 14.3 Å². The quantitative estimate of drug-likeness (QED) is 0.946. The van der Waals surface area contributed by atoms with Crippen molar-refractivity contribution in [2.75, 3.05) is 6.61 Å². The lowest BCUT2D eigenvalue weighted by Crippen LogP contribution is -2.44. The molecule has 0 unspecified atom stereocenters. The first-order valence-corrected chi connectivity index (χ1v) is 7.80. The first-order valence-electron chi connectivity index (χ1n) is 7.80. The third-order valence-corrected chi connectivity index (χ3v) is 4.06. The second-order valence-electron chi connectivity index (χ2n) is 5.95. The third kappa shape index (κ3) is 3.31. The fourth-order valence-electron chi connectivity index (χ4n) is 2.76. The Bertz CT molecular complexity index is 726. The van der Waals surface area contributed by atoms with E-state index in [-0.39, 0.29) is 18.6 Å². The van der Waals surface area contributed by atoms with Crippen molar-refractivity contribution in [3.05, 3.63) is 59.2 Å². The zero-order valence-electron chi connectivity index (χ0n) is 13.6. The number of aryl methyl sites for hydroxylation is 2. The second kappa shape index (κ2) is 6.32. The average molecular weight is 311 g/mol. The van der Waals surface area contributed by atoms with Crippen LogP contribution in [-0.2, 0) is 4.79 Å². The van der Waals surface area contributed by atoms with E-state index in [0.29, 0.717) is 11.5 Å². The Balaban J connectivity index is 1.69. The number of amides is 1. The van der Waals surface area contributed by atoms with Gasteiger partial charge in [0, 0.05) is 0 Å². The summed E-state index contributed by atoms with van der Waals surface area (Å²) < 4.78 is 11.3. The molecule has 1 aliphatic rings. The van der Waals surface area contributed by atoms with Crippen LogP contribution in [0.15, 0.2) is 42.5 Å². The van der Waals surface area contributed by atoms with Gasteiger partial charge in [-0.15, -0.1) is 0 Å². The maximum absolute atomic E-state index is 12.5. The van der Waals surface area contributed by atoms with Crippen LogP contribution in [0.3, 0.4) is 0 Å². The Hall–Kier alpha value is -2.49. The van der Waals surface area contributed by atoms with Crippen molar-refractivity contribution in [1.82, 2.24) is 5.32 Å². The molecule has 120 valence electrons. The van der Waals surface area contributed by atoms with Crippen LogP contribution in [0, 0.1) is 13.8 Å². The number of hydrogen-bond acceptors (Lipinski definition) is 3.